The number of amides is 2. The number of nitrogens with one attached hydrogen (secondary N) is 2. The molecule has 0 spiro atoms. The molecule has 0 heterocycles. The second kappa shape index (κ2) is 8.94. The third-order valence-electron chi connectivity index (χ3n) is 3.68. The van der Waals surface area contributed by atoms with E-state index in [-0.39, 0.29) is 18.9 Å². The maximum atomic E-state index is 13.1. The first-order chi connectivity index (χ1) is 12.0. The first kappa shape index (κ1) is 18.6. The fourth-order valence-corrected chi connectivity index (χ4v) is 2.33. The van der Waals surface area contributed by atoms with Crippen LogP contribution in [0.15, 0.2) is 48.5 Å². The molecule has 0 saturated carbocycles. The van der Waals surface area contributed by atoms with Gasteiger partial charge in [-0.05, 0) is 41.8 Å². The Morgan fingerprint density at radius 3 is 2.60 bits per heavy atom. The second-order valence-corrected chi connectivity index (χ2v) is 5.65. The van der Waals surface area contributed by atoms with E-state index in [1.807, 2.05) is 25.1 Å². The van der Waals surface area contributed by atoms with Crippen molar-refractivity contribution in [1.82, 2.24) is 5.32 Å². The van der Waals surface area contributed by atoms with Gasteiger partial charge in [-0.25, -0.2) is 4.39 Å². The van der Waals surface area contributed by atoms with Gasteiger partial charge in [-0.2, -0.15) is 0 Å². The molecule has 0 saturated heterocycles. The van der Waals surface area contributed by atoms with E-state index in [1.165, 1.54) is 24.3 Å². The summed E-state index contributed by atoms with van der Waals surface area (Å²) >= 11 is 0. The number of benzene rings is 2. The summed E-state index contributed by atoms with van der Waals surface area (Å²) in [6.07, 6.45) is -0.513. The quantitative estimate of drug-likeness (QED) is 0.722. The van der Waals surface area contributed by atoms with Crippen LogP contribution < -0.4 is 10.6 Å². The van der Waals surface area contributed by atoms with Crippen LogP contribution in [0.5, 0.6) is 0 Å². The molecule has 5 nitrogen and oxygen atoms in total. The van der Waals surface area contributed by atoms with E-state index in [2.05, 4.69) is 10.6 Å². The van der Waals surface area contributed by atoms with Gasteiger partial charge in [0.25, 0.3) is 0 Å². The summed E-state index contributed by atoms with van der Waals surface area (Å²) < 4.78 is 13.1. The summed E-state index contributed by atoms with van der Waals surface area (Å²) in [5.41, 5.74) is 2.08. The van der Waals surface area contributed by atoms with Crippen molar-refractivity contribution in [3.8, 4) is 0 Å². The highest BCUT2D eigenvalue weighted by Crippen LogP contribution is 2.17. The van der Waals surface area contributed by atoms with Crippen molar-refractivity contribution in [2.75, 3.05) is 11.9 Å². The van der Waals surface area contributed by atoms with Crippen LogP contribution in [0.25, 0.3) is 0 Å². The Hall–Kier alpha value is -2.73. The highest BCUT2D eigenvalue weighted by atomic mass is 19.1. The Kier molecular flexibility index (Phi) is 6.65. The molecular formula is C19H21FN2O3. The first-order valence-electron chi connectivity index (χ1n) is 8.07. The zero-order valence-corrected chi connectivity index (χ0v) is 14.0. The Balaban J connectivity index is 1.79. The largest absolute Gasteiger partial charge is 0.388 e. The number of aryl methyl sites for hydroxylation is 1. The molecule has 2 amide bonds. The minimum Gasteiger partial charge on any atom is -0.388 e. The van der Waals surface area contributed by atoms with Gasteiger partial charge < -0.3 is 15.7 Å². The molecular weight excluding hydrogens is 323 g/mol. The van der Waals surface area contributed by atoms with E-state index >= 15 is 0 Å². The summed E-state index contributed by atoms with van der Waals surface area (Å²) in [5, 5.41) is 15.1. The molecule has 0 aliphatic rings. The third-order valence-corrected chi connectivity index (χ3v) is 3.68. The summed E-state index contributed by atoms with van der Waals surface area (Å²) in [7, 11) is 0. The van der Waals surface area contributed by atoms with Crippen molar-refractivity contribution in [2.45, 2.75) is 25.9 Å². The van der Waals surface area contributed by atoms with E-state index in [4.69, 9.17) is 0 Å². The molecule has 0 aliphatic carbocycles. The molecule has 6 heteroatoms. The number of anilines is 1. The molecule has 25 heavy (non-hydrogen) atoms. The molecule has 0 aromatic heterocycles. The van der Waals surface area contributed by atoms with Crippen molar-refractivity contribution in [3.05, 3.63) is 65.5 Å². The molecule has 0 bridgehead atoms. The molecule has 2 aromatic rings. The van der Waals surface area contributed by atoms with Crippen LogP contribution in [0.4, 0.5) is 10.1 Å². The summed E-state index contributed by atoms with van der Waals surface area (Å²) in [6, 6.07) is 12.9. The molecule has 0 radical (unpaired) electrons. The zero-order chi connectivity index (χ0) is 18.2. The first-order valence-corrected chi connectivity index (χ1v) is 8.07. The monoisotopic (exact) mass is 344 g/mol. The number of rotatable bonds is 7. The van der Waals surface area contributed by atoms with Crippen molar-refractivity contribution in [3.63, 3.8) is 0 Å². The minimum atomic E-state index is -1.13. The molecule has 0 fully saturated rings. The van der Waals surface area contributed by atoms with Gasteiger partial charge in [0.2, 0.25) is 11.8 Å². The number of carbonyl (C=O) groups is 2. The maximum absolute atomic E-state index is 13.1. The van der Waals surface area contributed by atoms with Crippen LogP contribution in [0, 0.1) is 5.82 Å². The van der Waals surface area contributed by atoms with E-state index in [0.717, 1.165) is 12.0 Å². The SMILES string of the molecule is CCc1cccc(NC(=O)CNC(=O)CC(O)c2cccc(F)c2)c1. The number of halogens is 1. The Morgan fingerprint density at radius 2 is 1.88 bits per heavy atom. The lowest BCUT2D eigenvalue weighted by Crippen LogP contribution is -2.33. The average molecular weight is 344 g/mol. The number of carbonyl (C=O) groups excluding carboxylic acids is 2. The summed E-state index contributed by atoms with van der Waals surface area (Å²) in [6.45, 7) is 1.82. The normalized spacial score (nSPS) is 11.6. The molecule has 1 unspecified atom stereocenters. The van der Waals surface area contributed by atoms with Gasteiger partial charge in [-0.15, -0.1) is 0 Å². The molecule has 132 valence electrons. The van der Waals surface area contributed by atoms with Crippen LogP contribution >= 0.6 is 0 Å². The number of hydrogen-bond donors (Lipinski definition) is 3. The second-order valence-electron chi connectivity index (χ2n) is 5.65. The average Bonchev–Trinajstić information content (AvgIpc) is 2.60. The lowest BCUT2D eigenvalue weighted by Gasteiger charge is -2.12. The number of aliphatic hydroxyl groups is 1. The van der Waals surface area contributed by atoms with Gasteiger partial charge in [-0.1, -0.05) is 31.2 Å². The van der Waals surface area contributed by atoms with Crippen LogP contribution in [0.1, 0.15) is 30.6 Å². The van der Waals surface area contributed by atoms with Gasteiger partial charge in [0.1, 0.15) is 5.82 Å². The van der Waals surface area contributed by atoms with Crippen LogP contribution in [-0.2, 0) is 16.0 Å². The molecule has 0 aliphatic heterocycles. The van der Waals surface area contributed by atoms with Gasteiger partial charge >= 0.3 is 0 Å². The van der Waals surface area contributed by atoms with Crippen molar-refractivity contribution in [1.29, 1.82) is 0 Å². The van der Waals surface area contributed by atoms with E-state index < -0.39 is 17.8 Å². The van der Waals surface area contributed by atoms with Crippen LogP contribution in [0.3, 0.4) is 0 Å². The number of aliphatic hydroxyl groups excluding tert-OH is 1. The Morgan fingerprint density at radius 1 is 1.12 bits per heavy atom. The van der Waals surface area contributed by atoms with E-state index in [9.17, 15) is 19.1 Å². The summed E-state index contributed by atoms with van der Waals surface area (Å²) in [5.74, 6) is -1.33. The smallest absolute Gasteiger partial charge is 0.243 e. The van der Waals surface area contributed by atoms with Crippen molar-refractivity contribution < 1.29 is 19.1 Å². The lowest BCUT2D eigenvalue weighted by atomic mass is 10.1. The molecule has 3 N–H and O–H groups in total. The highest BCUT2D eigenvalue weighted by molar-refractivity contribution is 5.94. The molecule has 2 aromatic carbocycles. The van der Waals surface area contributed by atoms with Crippen LogP contribution in [0.2, 0.25) is 0 Å². The Bertz CT molecular complexity index is 749. The molecule has 2 rings (SSSR count). The third kappa shape index (κ3) is 6.00. The van der Waals surface area contributed by atoms with E-state index in [1.54, 1.807) is 6.07 Å². The van der Waals surface area contributed by atoms with Crippen LogP contribution in [-0.4, -0.2) is 23.5 Å². The number of hydrogen-bond acceptors (Lipinski definition) is 3. The topological polar surface area (TPSA) is 78.4 Å². The fraction of sp³-hybridized carbons (Fsp3) is 0.263. The highest BCUT2D eigenvalue weighted by Gasteiger charge is 2.14. The van der Waals surface area contributed by atoms with Gasteiger partial charge in [0.15, 0.2) is 0 Å². The predicted molar refractivity (Wildman–Crippen MR) is 93.4 cm³/mol. The summed E-state index contributed by atoms with van der Waals surface area (Å²) in [4.78, 5) is 23.7. The van der Waals surface area contributed by atoms with Gasteiger partial charge in [0.05, 0.1) is 19.1 Å². The Labute approximate surface area is 145 Å². The van der Waals surface area contributed by atoms with E-state index in [0.29, 0.717) is 11.3 Å². The predicted octanol–water partition coefficient (Wildman–Crippen LogP) is 2.57. The van der Waals surface area contributed by atoms with Crippen molar-refractivity contribution >= 4 is 17.5 Å². The zero-order valence-electron chi connectivity index (χ0n) is 14.0. The van der Waals surface area contributed by atoms with Crippen molar-refractivity contribution in [2.24, 2.45) is 0 Å². The standard InChI is InChI=1S/C19H21FN2O3/c1-2-13-5-3-8-16(9-13)22-19(25)12-21-18(24)11-17(23)14-6-4-7-15(20)10-14/h3-10,17,23H,2,11-12H2,1H3,(H,21,24)(H,22,25). The molecule has 1 atom stereocenters. The fourth-order valence-electron chi connectivity index (χ4n) is 2.33. The van der Waals surface area contributed by atoms with Gasteiger partial charge in [-0.3, -0.25) is 9.59 Å². The lowest BCUT2D eigenvalue weighted by molar-refractivity contribution is -0.125. The van der Waals surface area contributed by atoms with Gasteiger partial charge in [0, 0.05) is 5.69 Å². The minimum absolute atomic E-state index is 0.203. The maximum Gasteiger partial charge on any atom is 0.243 e.